The molecule has 0 radical (unpaired) electrons. The predicted molar refractivity (Wildman–Crippen MR) is 81.9 cm³/mol. The van der Waals surface area contributed by atoms with Gasteiger partial charge in [-0.3, -0.25) is 4.40 Å². The van der Waals surface area contributed by atoms with Crippen LogP contribution in [-0.2, 0) is 0 Å². The first-order valence-electron chi connectivity index (χ1n) is 6.55. The predicted octanol–water partition coefficient (Wildman–Crippen LogP) is 4.41. The van der Waals surface area contributed by atoms with Crippen molar-refractivity contribution in [1.29, 1.82) is 0 Å². The zero-order valence-electron chi connectivity index (χ0n) is 12.1. The quantitative estimate of drug-likeness (QED) is 0.657. The van der Waals surface area contributed by atoms with Crippen molar-refractivity contribution >= 4 is 17.0 Å². The van der Waals surface area contributed by atoms with Gasteiger partial charge in [0.25, 0.3) is 0 Å². The summed E-state index contributed by atoms with van der Waals surface area (Å²) in [6, 6.07) is 6.04. The number of rotatable bonds is 1. The minimum Gasteiger partial charge on any atom is -0.297 e. The summed E-state index contributed by atoms with van der Waals surface area (Å²) in [7, 11) is 0. The highest BCUT2D eigenvalue weighted by Crippen LogP contribution is 2.30. The minimum atomic E-state index is 0.977. The Kier molecular flexibility index (Phi) is 4.00. The van der Waals surface area contributed by atoms with Gasteiger partial charge in [-0.1, -0.05) is 19.9 Å². The molecule has 3 rings (SSSR count). The topological polar surface area (TPSA) is 30.2 Å². The molecule has 100 valence electrons. The second kappa shape index (κ2) is 5.53. The Labute approximate surface area is 118 Å². The largest absolute Gasteiger partial charge is 0.297 e. The summed E-state index contributed by atoms with van der Waals surface area (Å²) < 4.78 is 2.10. The van der Waals surface area contributed by atoms with E-state index in [2.05, 4.69) is 21.3 Å². The van der Waals surface area contributed by atoms with Gasteiger partial charge in [-0.2, -0.15) is 0 Å². The van der Waals surface area contributed by atoms with Crippen LogP contribution in [0.2, 0.25) is 0 Å². The summed E-state index contributed by atoms with van der Waals surface area (Å²) in [6.07, 6.45) is 2.04. The van der Waals surface area contributed by atoms with Gasteiger partial charge in [0.15, 0.2) is 0 Å². The molecule has 0 spiro atoms. The Morgan fingerprint density at radius 2 is 1.74 bits per heavy atom. The highest BCUT2D eigenvalue weighted by atomic mass is 32.1. The molecule has 4 heteroatoms. The first-order chi connectivity index (χ1) is 9.16. The van der Waals surface area contributed by atoms with E-state index < -0.39 is 0 Å². The summed E-state index contributed by atoms with van der Waals surface area (Å²) in [5.41, 5.74) is 4.23. The van der Waals surface area contributed by atoms with Crippen molar-refractivity contribution in [2.75, 3.05) is 0 Å². The summed E-state index contributed by atoms with van der Waals surface area (Å²) in [4.78, 5) is 10.4. The molecule has 0 N–H and O–H groups in total. The van der Waals surface area contributed by atoms with Crippen molar-refractivity contribution in [1.82, 2.24) is 14.4 Å². The summed E-state index contributed by atoms with van der Waals surface area (Å²) >= 11 is 1.73. The number of imidazole rings is 1. The van der Waals surface area contributed by atoms with Gasteiger partial charge in [-0.25, -0.2) is 9.97 Å². The van der Waals surface area contributed by atoms with Crippen LogP contribution < -0.4 is 0 Å². The van der Waals surface area contributed by atoms with Crippen LogP contribution in [0.3, 0.4) is 0 Å². The van der Waals surface area contributed by atoms with Crippen molar-refractivity contribution in [3.05, 3.63) is 40.7 Å². The van der Waals surface area contributed by atoms with Gasteiger partial charge in [-0.05, 0) is 32.9 Å². The molecule has 0 aliphatic carbocycles. The lowest BCUT2D eigenvalue weighted by molar-refractivity contribution is 1.16. The van der Waals surface area contributed by atoms with E-state index in [-0.39, 0.29) is 0 Å². The van der Waals surface area contributed by atoms with Crippen molar-refractivity contribution in [3.8, 4) is 10.7 Å². The monoisotopic (exact) mass is 273 g/mol. The van der Waals surface area contributed by atoms with Crippen LogP contribution in [0.15, 0.2) is 24.4 Å². The number of fused-ring (bicyclic) bond motifs is 1. The summed E-state index contributed by atoms with van der Waals surface area (Å²) in [5.74, 6) is 0. The van der Waals surface area contributed by atoms with Crippen molar-refractivity contribution in [3.63, 3.8) is 0 Å². The second-order valence-corrected chi connectivity index (χ2v) is 5.34. The maximum atomic E-state index is 4.62. The highest BCUT2D eigenvalue weighted by Gasteiger charge is 2.14. The van der Waals surface area contributed by atoms with Crippen molar-refractivity contribution in [2.24, 2.45) is 0 Å². The maximum absolute atomic E-state index is 4.62. The fourth-order valence-corrected chi connectivity index (χ4v) is 2.95. The van der Waals surface area contributed by atoms with E-state index in [1.165, 1.54) is 4.88 Å². The lowest BCUT2D eigenvalue weighted by Gasteiger charge is -1.97. The molecular formula is C15H19N3S. The molecule has 0 unspecified atom stereocenters. The fraction of sp³-hybridized carbons (Fsp3) is 0.333. The smallest absolute Gasteiger partial charge is 0.142 e. The first-order valence-corrected chi connectivity index (χ1v) is 7.36. The van der Waals surface area contributed by atoms with E-state index in [0.29, 0.717) is 0 Å². The van der Waals surface area contributed by atoms with Crippen LogP contribution in [0, 0.1) is 20.8 Å². The average Bonchev–Trinajstić information content (AvgIpc) is 2.91. The van der Waals surface area contributed by atoms with Crippen LogP contribution in [-0.4, -0.2) is 14.4 Å². The third-order valence-corrected chi connectivity index (χ3v) is 4.01. The molecule has 0 bridgehead atoms. The van der Waals surface area contributed by atoms with E-state index in [1.807, 2.05) is 52.1 Å². The zero-order valence-corrected chi connectivity index (χ0v) is 12.9. The van der Waals surface area contributed by atoms with Gasteiger partial charge in [0.2, 0.25) is 0 Å². The number of thiazole rings is 1. The number of hydrogen-bond acceptors (Lipinski definition) is 3. The number of nitrogens with zero attached hydrogens (tertiary/aromatic N) is 3. The highest BCUT2D eigenvalue weighted by molar-refractivity contribution is 7.15. The van der Waals surface area contributed by atoms with Gasteiger partial charge in [0, 0.05) is 11.1 Å². The molecule has 0 saturated heterocycles. The van der Waals surface area contributed by atoms with Crippen LogP contribution in [0.1, 0.15) is 30.1 Å². The molecule has 0 amide bonds. The Balaban J connectivity index is 0.000000637. The molecule has 0 aliphatic rings. The lowest BCUT2D eigenvalue weighted by Crippen LogP contribution is -1.87. The van der Waals surface area contributed by atoms with E-state index in [1.54, 1.807) is 11.3 Å². The SMILES string of the molecule is CC.Cc1nc(-c2c(C)nc3ccccn23)sc1C. The molecule has 0 aromatic carbocycles. The van der Waals surface area contributed by atoms with Crippen LogP contribution >= 0.6 is 11.3 Å². The Morgan fingerprint density at radius 3 is 2.37 bits per heavy atom. The van der Waals surface area contributed by atoms with E-state index in [4.69, 9.17) is 0 Å². The summed E-state index contributed by atoms with van der Waals surface area (Å²) in [5, 5.41) is 1.05. The maximum Gasteiger partial charge on any atom is 0.142 e. The van der Waals surface area contributed by atoms with E-state index in [9.17, 15) is 0 Å². The number of aryl methyl sites for hydroxylation is 3. The van der Waals surface area contributed by atoms with Crippen LogP contribution in [0.4, 0.5) is 0 Å². The van der Waals surface area contributed by atoms with Gasteiger partial charge in [-0.15, -0.1) is 11.3 Å². The van der Waals surface area contributed by atoms with Gasteiger partial charge >= 0.3 is 0 Å². The molecule has 3 aromatic rings. The zero-order chi connectivity index (χ0) is 14.0. The van der Waals surface area contributed by atoms with Crippen molar-refractivity contribution in [2.45, 2.75) is 34.6 Å². The molecule has 0 fully saturated rings. The average molecular weight is 273 g/mol. The van der Waals surface area contributed by atoms with Gasteiger partial charge in [0.05, 0.1) is 11.4 Å². The lowest BCUT2D eigenvalue weighted by atomic mass is 10.3. The molecule has 19 heavy (non-hydrogen) atoms. The first kappa shape index (κ1) is 13.7. The normalized spacial score (nSPS) is 10.4. The van der Waals surface area contributed by atoms with Gasteiger partial charge in [0.1, 0.15) is 16.3 Å². The standard InChI is InChI=1S/C13H13N3S.C2H6/c1-8-10(3)17-13(15-8)12-9(2)14-11-6-4-5-7-16(11)12;1-2/h4-7H,1-3H3;1-2H3. The minimum absolute atomic E-state index is 0.977. The molecular weight excluding hydrogens is 254 g/mol. The molecule has 0 aliphatic heterocycles. The fourth-order valence-electron chi connectivity index (χ4n) is 1.95. The van der Waals surface area contributed by atoms with Crippen LogP contribution in [0.25, 0.3) is 16.3 Å². The Morgan fingerprint density at radius 1 is 1.00 bits per heavy atom. The summed E-state index contributed by atoms with van der Waals surface area (Å²) in [6.45, 7) is 10.2. The second-order valence-electron chi connectivity index (χ2n) is 4.14. The molecule has 3 aromatic heterocycles. The molecule has 0 saturated carbocycles. The Bertz CT molecular complexity index is 675. The number of pyridine rings is 1. The number of aromatic nitrogens is 3. The molecule has 3 heterocycles. The number of hydrogen-bond donors (Lipinski definition) is 0. The Hall–Kier alpha value is -1.68. The third kappa shape index (κ3) is 2.40. The molecule has 0 atom stereocenters. The van der Waals surface area contributed by atoms with Gasteiger partial charge < -0.3 is 0 Å². The van der Waals surface area contributed by atoms with Crippen LogP contribution in [0.5, 0.6) is 0 Å². The third-order valence-electron chi connectivity index (χ3n) is 2.94. The van der Waals surface area contributed by atoms with E-state index >= 15 is 0 Å². The van der Waals surface area contributed by atoms with Crippen molar-refractivity contribution < 1.29 is 0 Å². The van der Waals surface area contributed by atoms with E-state index in [0.717, 1.165) is 27.7 Å². The molecule has 3 nitrogen and oxygen atoms in total.